The fourth-order valence-corrected chi connectivity index (χ4v) is 4.51. The number of alkyl halides is 3. The van der Waals surface area contributed by atoms with Crippen molar-refractivity contribution in [1.29, 1.82) is 0 Å². The zero-order valence-electron chi connectivity index (χ0n) is 21.6. The number of halogens is 3. The predicted molar refractivity (Wildman–Crippen MR) is 136 cm³/mol. The molecule has 218 valence electrons. The smallest absolute Gasteiger partial charge is 0.416 e. The Labute approximate surface area is 230 Å². The summed E-state index contributed by atoms with van der Waals surface area (Å²) in [5, 5.41) is 26.6. The van der Waals surface area contributed by atoms with Gasteiger partial charge in [-0.2, -0.15) is 13.2 Å². The van der Waals surface area contributed by atoms with Crippen LogP contribution in [0.1, 0.15) is 41.6 Å². The van der Waals surface area contributed by atoms with Gasteiger partial charge in [-0.15, -0.1) is 5.10 Å². The van der Waals surface area contributed by atoms with E-state index in [1.807, 2.05) is 0 Å². The molecule has 0 aliphatic carbocycles. The van der Waals surface area contributed by atoms with Crippen molar-refractivity contribution in [1.82, 2.24) is 15.0 Å². The lowest BCUT2D eigenvalue weighted by atomic mass is 9.78. The maximum atomic E-state index is 13.1. The number of carbonyl (C=O) groups is 3. The van der Waals surface area contributed by atoms with Crippen molar-refractivity contribution in [2.24, 2.45) is 11.3 Å². The lowest BCUT2D eigenvalue weighted by Gasteiger charge is -2.24. The third-order valence-corrected chi connectivity index (χ3v) is 7.00. The van der Waals surface area contributed by atoms with Gasteiger partial charge in [-0.3, -0.25) is 19.2 Å². The van der Waals surface area contributed by atoms with E-state index < -0.39 is 65.2 Å². The monoisotopic (exact) mass is 577 g/mol. The number of rotatable bonds is 11. The molecule has 0 bridgehead atoms. The summed E-state index contributed by atoms with van der Waals surface area (Å²) in [6.07, 6.45) is -4.55. The number of hydrogen-bond donors (Lipinski definition) is 2. The van der Waals surface area contributed by atoms with Gasteiger partial charge in [0.05, 0.1) is 24.2 Å². The third kappa shape index (κ3) is 6.70. The molecule has 1 unspecified atom stereocenters. The largest absolute Gasteiger partial charge is 0.493 e. The second-order valence-corrected chi connectivity index (χ2v) is 9.81. The molecule has 0 amide bonds. The van der Waals surface area contributed by atoms with Gasteiger partial charge in [0.25, 0.3) is 5.56 Å². The number of aryl methyl sites for hydroxylation is 1. The van der Waals surface area contributed by atoms with Crippen LogP contribution in [0.2, 0.25) is 0 Å². The maximum absolute atomic E-state index is 13.1. The van der Waals surface area contributed by atoms with Crippen LogP contribution in [0.4, 0.5) is 13.2 Å². The molecule has 1 aliphatic rings. The number of carbonyl (C=O) groups excluding carboxylic acids is 1. The summed E-state index contributed by atoms with van der Waals surface area (Å²) in [6, 6.07) is 8.09. The Balaban J connectivity index is 1.50. The molecule has 0 saturated carbocycles. The molecule has 41 heavy (non-hydrogen) atoms. The van der Waals surface area contributed by atoms with Crippen LogP contribution in [0.5, 0.6) is 5.75 Å². The van der Waals surface area contributed by atoms with Crippen molar-refractivity contribution in [2.45, 2.75) is 38.4 Å². The lowest BCUT2D eigenvalue weighted by Crippen LogP contribution is -2.43. The van der Waals surface area contributed by atoms with Gasteiger partial charge < -0.3 is 19.7 Å². The number of ketones is 1. The fraction of sp³-hybridized carbons (Fsp3) is 0.407. The first kappa shape index (κ1) is 29.6. The minimum Gasteiger partial charge on any atom is -0.493 e. The highest BCUT2D eigenvalue weighted by Gasteiger charge is 2.48. The van der Waals surface area contributed by atoms with Crippen LogP contribution in [0.3, 0.4) is 0 Å². The Kier molecular flexibility index (Phi) is 8.71. The molecule has 0 spiro atoms. The van der Waals surface area contributed by atoms with Crippen LogP contribution in [0.15, 0.2) is 47.3 Å². The topological polar surface area (TPSA) is 158 Å². The van der Waals surface area contributed by atoms with Crippen molar-refractivity contribution in [3.63, 3.8) is 0 Å². The lowest BCUT2D eigenvalue weighted by molar-refractivity contribution is -0.165. The number of carboxylic acids is 2. The Morgan fingerprint density at radius 2 is 1.78 bits per heavy atom. The van der Waals surface area contributed by atoms with E-state index >= 15 is 0 Å². The highest BCUT2D eigenvalue weighted by molar-refractivity contribution is 6.06. The van der Waals surface area contributed by atoms with E-state index in [1.54, 1.807) is 0 Å². The number of ether oxygens (including phenoxy) is 2. The van der Waals surface area contributed by atoms with Crippen LogP contribution in [-0.2, 0) is 27.0 Å². The van der Waals surface area contributed by atoms with Gasteiger partial charge >= 0.3 is 18.1 Å². The number of benzene rings is 2. The molecule has 2 heterocycles. The van der Waals surface area contributed by atoms with Gasteiger partial charge in [0.1, 0.15) is 11.3 Å². The molecule has 1 fully saturated rings. The fourth-order valence-electron chi connectivity index (χ4n) is 4.51. The molecular weight excluding hydrogens is 551 g/mol. The molecule has 1 atom stereocenters. The van der Waals surface area contributed by atoms with E-state index in [1.165, 1.54) is 24.3 Å². The number of nitrogens with zero attached hydrogens (tertiary/aromatic N) is 3. The SMILES string of the molecule is O=C(CC(CCn1nnc2ccc(C(F)(F)F)cc2c1=O)(C(=O)O)C(=O)O)c1ccc(OCC2CCCOC2)cc1. The van der Waals surface area contributed by atoms with E-state index in [0.717, 1.165) is 31.6 Å². The van der Waals surface area contributed by atoms with E-state index in [4.69, 9.17) is 9.47 Å². The van der Waals surface area contributed by atoms with Crippen LogP contribution in [0.25, 0.3) is 10.9 Å². The van der Waals surface area contributed by atoms with Crippen LogP contribution in [-0.4, -0.2) is 62.7 Å². The van der Waals surface area contributed by atoms with Gasteiger partial charge in [0.15, 0.2) is 11.2 Å². The first-order chi connectivity index (χ1) is 19.4. The van der Waals surface area contributed by atoms with Crippen LogP contribution in [0, 0.1) is 11.3 Å². The molecular formula is C27H26F3N3O8. The summed E-state index contributed by atoms with van der Waals surface area (Å²) in [4.78, 5) is 50.2. The van der Waals surface area contributed by atoms with Crippen LogP contribution >= 0.6 is 0 Å². The maximum Gasteiger partial charge on any atom is 0.416 e. The second-order valence-electron chi connectivity index (χ2n) is 9.81. The summed E-state index contributed by atoms with van der Waals surface area (Å²) in [6.45, 7) is 1.09. The van der Waals surface area contributed by atoms with Crippen molar-refractivity contribution in [3.8, 4) is 5.75 Å². The number of carboxylic acid groups (broad SMARTS) is 2. The first-order valence-corrected chi connectivity index (χ1v) is 12.7. The number of aliphatic carboxylic acids is 2. The highest BCUT2D eigenvalue weighted by atomic mass is 19.4. The quantitative estimate of drug-likeness (QED) is 0.255. The normalized spacial score (nSPS) is 15.9. The minimum atomic E-state index is -4.73. The zero-order valence-corrected chi connectivity index (χ0v) is 21.6. The number of hydrogen-bond acceptors (Lipinski definition) is 8. The molecule has 2 aromatic carbocycles. The van der Waals surface area contributed by atoms with Gasteiger partial charge in [0, 0.05) is 31.1 Å². The van der Waals surface area contributed by atoms with Gasteiger partial charge in [0.2, 0.25) is 0 Å². The standard InChI is InChI=1S/C27H26F3N3O8/c28-27(29,30)18-5-8-21-20(12-18)23(35)33(32-31-21)10-9-26(24(36)37,25(38)39)13-22(34)17-3-6-19(7-4-17)41-15-16-2-1-11-40-14-16/h3-8,12,16H,1-2,9-11,13-15H2,(H,36,37)(H,38,39). The molecule has 11 nitrogen and oxygen atoms in total. The van der Waals surface area contributed by atoms with E-state index in [9.17, 15) is 42.6 Å². The van der Waals surface area contributed by atoms with Crippen molar-refractivity contribution in [2.75, 3.05) is 19.8 Å². The van der Waals surface area contributed by atoms with Crippen molar-refractivity contribution >= 4 is 28.6 Å². The average Bonchev–Trinajstić information content (AvgIpc) is 2.94. The number of fused-ring (bicyclic) bond motifs is 1. The third-order valence-electron chi connectivity index (χ3n) is 7.00. The zero-order chi connectivity index (χ0) is 29.8. The number of aromatic nitrogens is 3. The van der Waals surface area contributed by atoms with Crippen molar-refractivity contribution < 1.29 is 47.2 Å². The van der Waals surface area contributed by atoms with E-state index in [-0.39, 0.29) is 17.0 Å². The molecule has 0 radical (unpaired) electrons. The molecule has 14 heteroatoms. The molecule has 1 aromatic heterocycles. The first-order valence-electron chi connectivity index (χ1n) is 12.7. The van der Waals surface area contributed by atoms with E-state index in [0.29, 0.717) is 29.7 Å². The predicted octanol–water partition coefficient (Wildman–Crippen LogP) is 3.43. The summed E-state index contributed by atoms with van der Waals surface area (Å²) in [5.41, 5.74) is -4.86. The average molecular weight is 578 g/mol. The molecule has 1 aliphatic heterocycles. The molecule has 2 N–H and O–H groups in total. The van der Waals surface area contributed by atoms with Crippen molar-refractivity contribution in [3.05, 3.63) is 63.9 Å². The summed E-state index contributed by atoms with van der Waals surface area (Å²) < 4.78 is 51.0. The highest BCUT2D eigenvalue weighted by Crippen LogP contribution is 2.32. The minimum absolute atomic E-state index is 0.0487. The van der Waals surface area contributed by atoms with Crippen LogP contribution < -0.4 is 10.3 Å². The Bertz CT molecular complexity index is 1480. The number of Topliss-reactive ketones (excluding diaryl/α,β-unsaturated/α-hetero) is 1. The summed E-state index contributed by atoms with van der Waals surface area (Å²) in [5.74, 6) is -3.72. The Morgan fingerprint density at radius 3 is 2.39 bits per heavy atom. The molecule has 1 saturated heterocycles. The molecule has 4 rings (SSSR count). The Morgan fingerprint density at radius 1 is 1.07 bits per heavy atom. The van der Waals surface area contributed by atoms with Gasteiger partial charge in [-0.05, 0) is 61.7 Å². The second kappa shape index (κ2) is 12.0. The summed E-state index contributed by atoms with van der Waals surface area (Å²) >= 11 is 0. The van der Waals surface area contributed by atoms with Gasteiger partial charge in [-0.1, -0.05) is 5.21 Å². The van der Waals surface area contributed by atoms with E-state index in [2.05, 4.69) is 10.3 Å². The summed E-state index contributed by atoms with van der Waals surface area (Å²) in [7, 11) is 0. The Hall–Kier alpha value is -4.33. The molecule has 3 aromatic rings. The van der Waals surface area contributed by atoms with Gasteiger partial charge in [-0.25, -0.2) is 4.68 Å².